The molecule has 0 bridgehead atoms. The third-order valence-electron chi connectivity index (χ3n) is 7.24. The number of piperidine rings is 1. The van der Waals surface area contributed by atoms with Gasteiger partial charge in [-0.2, -0.15) is 0 Å². The molecule has 2 heterocycles. The zero-order chi connectivity index (χ0) is 18.9. The number of aryl methyl sites for hydroxylation is 1. The van der Waals surface area contributed by atoms with Crippen LogP contribution in [0.1, 0.15) is 79.4 Å². The molecule has 1 N–H and O–H groups in total. The van der Waals surface area contributed by atoms with Crippen molar-refractivity contribution >= 4 is 23.2 Å². The topological polar surface area (TPSA) is 49.4 Å². The first-order valence-electron chi connectivity index (χ1n) is 10.7. The van der Waals surface area contributed by atoms with Gasteiger partial charge in [0.15, 0.2) is 0 Å². The number of likely N-dealkylation sites (tertiary alicyclic amines) is 1. The molecular weight excluding hydrogens is 356 g/mol. The van der Waals surface area contributed by atoms with E-state index in [0.717, 1.165) is 36.2 Å². The molecule has 1 aliphatic heterocycles. The summed E-state index contributed by atoms with van der Waals surface area (Å²) >= 11 is 1.51. The molecule has 4 nitrogen and oxygen atoms in total. The van der Waals surface area contributed by atoms with E-state index < -0.39 is 0 Å². The quantitative estimate of drug-likeness (QED) is 0.806. The van der Waals surface area contributed by atoms with Gasteiger partial charge in [0.25, 0.3) is 5.91 Å². The number of carbonyl (C=O) groups excluding carboxylic acids is 2. The van der Waals surface area contributed by atoms with Crippen LogP contribution in [0, 0.1) is 18.3 Å². The van der Waals surface area contributed by atoms with Crippen LogP contribution in [-0.2, 0) is 4.79 Å². The van der Waals surface area contributed by atoms with E-state index in [-0.39, 0.29) is 11.3 Å². The van der Waals surface area contributed by atoms with Crippen molar-refractivity contribution in [3.05, 3.63) is 21.9 Å². The molecule has 1 aromatic heterocycles. The van der Waals surface area contributed by atoms with Gasteiger partial charge in [0.2, 0.25) is 5.91 Å². The Morgan fingerprint density at radius 1 is 1.22 bits per heavy atom. The van der Waals surface area contributed by atoms with Crippen LogP contribution in [0.4, 0.5) is 0 Å². The summed E-state index contributed by atoms with van der Waals surface area (Å²) in [7, 11) is 0. The summed E-state index contributed by atoms with van der Waals surface area (Å²) in [5, 5.41) is 5.21. The fourth-order valence-corrected chi connectivity index (χ4v) is 6.53. The molecule has 4 rings (SSSR count). The number of thiophene rings is 1. The second-order valence-electron chi connectivity index (χ2n) is 8.94. The van der Waals surface area contributed by atoms with E-state index in [9.17, 15) is 9.59 Å². The second-order valence-corrected chi connectivity index (χ2v) is 9.85. The molecular formula is C22H32N2O2S. The highest BCUT2D eigenvalue weighted by molar-refractivity contribution is 7.12. The summed E-state index contributed by atoms with van der Waals surface area (Å²) < 4.78 is 0. The molecule has 2 aliphatic carbocycles. The first-order valence-corrected chi connectivity index (χ1v) is 11.6. The van der Waals surface area contributed by atoms with Gasteiger partial charge in [-0.25, -0.2) is 0 Å². The monoisotopic (exact) mass is 388 g/mol. The summed E-state index contributed by atoms with van der Waals surface area (Å²) in [6, 6.07) is 2.33. The maximum atomic E-state index is 12.8. The van der Waals surface area contributed by atoms with Crippen molar-refractivity contribution in [3.63, 3.8) is 0 Å². The highest BCUT2D eigenvalue weighted by Crippen LogP contribution is 2.48. The standard InChI is InChI=1S/C22H32N2O2S/c1-16-10-13-27-20(16)21(26)23-15-22-11-5-8-18(22)24(19(25)9-12-22)14-17-6-3-2-4-7-17/h10,13,17-18H,2-9,11-12,14-15H2,1H3,(H,23,26)/t18-,22+/m1/s1. The average Bonchev–Trinajstić information content (AvgIpc) is 3.30. The van der Waals surface area contributed by atoms with Crippen molar-refractivity contribution in [2.24, 2.45) is 11.3 Å². The van der Waals surface area contributed by atoms with Crippen molar-refractivity contribution in [2.45, 2.75) is 77.2 Å². The Kier molecular flexibility index (Phi) is 5.58. The van der Waals surface area contributed by atoms with Gasteiger partial charge in [0, 0.05) is 31.0 Å². The molecule has 3 aliphatic rings. The van der Waals surface area contributed by atoms with Gasteiger partial charge in [-0.05, 0) is 62.0 Å². The van der Waals surface area contributed by atoms with E-state index >= 15 is 0 Å². The highest BCUT2D eigenvalue weighted by atomic mass is 32.1. The molecule has 2 atom stereocenters. The minimum Gasteiger partial charge on any atom is -0.351 e. The largest absolute Gasteiger partial charge is 0.351 e. The Labute approximate surface area is 166 Å². The Balaban J connectivity index is 1.45. The number of nitrogens with zero attached hydrogens (tertiary/aromatic N) is 1. The minimum absolute atomic E-state index is 0.0539. The number of nitrogens with one attached hydrogen (secondary N) is 1. The van der Waals surface area contributed by atoms with Gasteiger partial charge in [0.05, 0.1) is 4.88 Å². The van der Waals surface area contributed by atoms with Gasteiger partial charge in [-0.15, -0.1) is 11.3 Å². The first-order chi connectivity index (χ1) is 13.1. The molecule has 5 heteroatoms. The Morgan fingerprint density at radius 3 is 2.78 bits per heavy atom. The third-order valence-corrected chi connectivity index (χ3v) is 8.26. The molecule has 27 heavy (non-hydrogen) atoms. The van der Waals surface area contributed by atoms with Gasteiger partial charge in [0.1, 0.15) is 0 Å². The number of carbonyl (C=O) groups is 2. The van der Waals surface area contributed by atoms with Gasteiger partial charge in [-0.1, -0.05) is 25.7 Å². The Morgan fingerprint density at radius 2 is 2.04 bits per heavy atom. The highest BCUT2D eigenvalue weighted by Gasteiger charge is 2.50. The second kappa shape index (κ2) is 7.94. The summed E-state index contributed by atoms with van der Waals surface area (Å²) in [6.45, 7) is 3.65. The summed E-state index contributed by atoms with van der Waals surface area (Å²) in [5.41, 5.74) is 1.14. The van der Waals surface area contributed by atoms with Crippen LogP contribution < -0.4 is 5.32 Å². The van der Waals surface area contributed by atoms with Crippen molar-refractivity contribution in [1.29, 1.82) is 0 Å². The van der Waals surface area contributed by atoms with Crippen molar-refractivity contribution < 1.29 is 9.59 Å². The van der Waals surface area contributed by atoms with E-state index in [1.54, 1.807) is 0 Å². The number of amides is 2. The fraction of sp³-hybridized carbons (Fsp3) is 0.727. The summed E-state index contributed by atoms with van der Waals surface area (Å²) in [4.78, 5) is 28.5. The van der Waals surface area contributed by atoms with E-state index in [2.05, 4.69) is 10.2 Å². The summed E-state index contributed by atoms with van der Waals surface area (Å²) in [6.07, 6.45) is 11.5. The Hall–Kier alpha value is -1.36. The minimum atomic E-state index is 0.0539. The maximum absolute atomic E-state index is 12.8. The van der Waals surface area contributed by atoms with Crippen LogP contribution in [0.3, 0.4) is 0 Å². The molecule has 1 aromatic rings. The van der Waals surface area contributed by atoms with Crippen LogP contribution >= 0.6 is 11.3 Å². The zero-order valence-corrected chi connectivity index (χ0v) is 17.3. The van der Waals surface area contributed by atoms with E-state index in [0.29, 0.717) is 30.8 Å². The van der Waals surface area contributed by atoms with Gasteiger partial charge >= 0.3 is 0 Å². The molecule has 0 spiro atoms. The zero-order valence-electron chi connectivity index (χ0n) is 16.5. The van der Waals surface area contributed by atoms with Crippen LogP contribution in [0.2, 0.25) is 0 Å². The lowest BCUT2D eigenvalue weighted by Crippen LogP contribution is -2.57. The lowest BCUT2D eigenvalue weighted by molar-refractivity contribution is -0.142. The number of hydrogen-bond acceptors (Lipinski definition) is 3. The smallest absolute Gasteiger partial charge is 0.261 e. The molecule has 2 amide bonds. The van der Waals surface area contributed by atoms with E-state index in [1.165, 1.54) is 49.9 Å². The predicted octanol–water partition coefficient (Wildman–Crippen LogP) is 4.53. The molecule has 0 unspecified atom stereocenters. The molecule has 3 fully saturated rings. The lowest BCUT2D eigenvalue weighted by atomic mass is 9.74. The number of fused-ring (bicyclic) bond motifs is 1. The fourth-order valence-electron chi connectivity index (χ4n) is 5.69. The normalized spacial score (nSPS) is 29.0. The molecule has 0 aromatic carbocycles. The van der Waals surface area contributed by atoms with E-state index in [4.69, 9.17) is 0 Å². The first kappa shape index (κ1) is 19.0. The van der Waals surface area contributed by atoms with Crippen molar-refractivity contribution in [1.82, 2.24) is 10.2 Å². The Bertz CT molecular complexity index is 694. The van der Waals surface area contributed by atoms with Gasteiger partial charge in [-0.3, -0.25) is 9.59 Å². The predicted molar refractivity (Wildman–Crippen MR) is 109 cm³/mol. The van der Waals surface area contributed by atoms with Gasteiger partial charge < -0.3 is 10.2 Å². The van der Waals surface area contributed by atoms with Crippen molar-refractivity contribution in [3.8, 4) is 0 Å². The third kappa shape index (κ3) is 3.80. The lowest BCUT2D eigenvalue weighted by Gasteiger charge is -2.47. The van der Waals surface area contributed by atoms with Crippen LogP contribution in [-0.4, -0.2) is 35.8 Å². The van der Waals surface area contributed by atoms with Crippen LogP contribution in [0.5, 0.6) is 0 Å². The molecule has 0 radical (unpaired) electrons. The van der Waals surface area contributed by atoms with Crippen molar-refractivity contribution in [2.75, 3.05) is 13.1 Å². The van der Waals surface area contributed by atoms with Crippen LogP contribution in [0.25, 0.3) is 0 Å². The SMILES string of the molecule is Cc1ccsc1C(=O)NC[C@@]12CCC[C@H]1N(CC1CCCCC1)C(=O)CC2. The summed E-state index contributed by atoms with van der Waals surface area (Å²) in [5.74, 6) is 1.09. The average molecular weight is 389 g/mol. The molecule has 148 valence electrons. The van der Waals surface area contributed by atoms with Crippen LogP contribution in [0.15, 0.2) is 11.4 Å². The number of rotatable bonds is 5. The molecule has 1 saturated heterocycles. The maximum Gasteiger partial charge on any atom is 0.261 e. The molecule has 2 saturated carbocycles. The number of hydrogen-bond donors (Lipinski definition) is 1. The van der Waals surface area contributed by atoms with E-state index in [1.807, 2.05) is 18.4 Å².